The van der Waals surface area contributed by atoms with Crippen LogP contribution in [0.5, 0.6) is 0 Å². The second-order valence-corrected chi connectivity index (χ2v) is 7.00. The monoisotopic (exact) mass is 369 g/mol. The van der Waals surface area contributed by atoms with Crippen LogP contribution in [0.3, 0.4) is 0 Å². The van der Waals surface area contributed by atoms with E-state index < -0.39 is 5.82 Å². The highest BCUT2D eigenvalue weighted by atomic mass is 35.5. The van der Waals surface area contributed by atoms with E-state index in [0.29, 0.717) is 30.2 Å². The molecule has 7 heteroatoms. The molecule has 2 rings (SSSR count). The minimum atomic E-state index is -0.422. The van der Waals surface area contributed by atoms with E-state index >= 15 is 0 Å². The quantitative estimate of drug-likeness (QED) is 0.740. The van der Waals surface area contributed by atoms with Crippen molar-refractivity contribution in [2.75, 3.05) is 40.3 Å². The van der Waals surface area contributed by atoms with Crippen molar-refractivity contribution in [3.8, 4) is 0 Å². The van der Waals surface area contributed by atoms with Crippen LogP contribution in [0.15, 0.2) is 18.2 Å². The number of halogens is 2. The molecular formula is C18H25ClFN3O2. The zero-order valence-corrected chi connectivity index (χ0v) is 15.7. The van der Waals surface area contributed by atoms with Crippen LogP contribution in [0.2, 0.25) is 5.02 Å². The maximum Gasteiger partial charge on any atom is 0.228 e. The molecule has 1 heterocycles. The van der Waals surface area contributed by atoms with Crippen molar-refractivity contribution in [3.05, 3.63) is 34.6 Å². The number of benzene rings is 1. The lowest BCUT2D eigenvalue weighted by Crippen LogP contribution is -2.38. The van der Waals surface area contributed by atoms with E-state index in [2.05, 4.69) is 0 Å². The van der Waals surface area contributed by atoms with E-state index in [9.17, 15) is 14.0 Å². The fourth-order valence-corrected chi connectivity index (χ4v) is 3.18. The molecule has 5 nitrogen and oxygen atoms in total. The van der Waals surface area contributed by atoms with Crippen molar-refractivity contribution >= 4 is 23.4 Å². The third-order valence-electron chi connectivity index (χ3n) is 4.48. The summed E-state index contributed by atoms with van der Waals surface area (Å²) >= 11 is 6.07. The van der Waals surface area contributed by atoms with Crippen LogP contribution >= 0.6 is 11.6 Å². The fraction of sp³-hybridized carbons (Fsp3) is 0.556. The predicted molar refractivity (Wildman–Crippen MR) is 95.7 cm³/mol. The molecule has 1 aromatic carbocycles. The van der Waals surface area contributed by atoms with Crippen LogP contribution in [0.25, 0.3) is 0 Å². The molecule has 1 fully saturated rings. The van der Waals surface area contributed by atoms with E-state index in [1.165, 1.54) is 12.1 Å². The van der Waals surface area contributed by atoms with Gasteiger partial charge < -0.3 is 14.7 Å². The number of amides is 2. The first-order chi connectivity index (χ1) is 11.8. The van der Waals surface area contributed by atoms with E-state index in [4.69, 9.17) is 11.6 Å². The predicted octanol–water partition coefficient (Wildman–Crippen LogP) is 2.24. The summed E-state index contributed by atoms with van der Waals surface area (Å²) in [5.41, 5.74) is 0.313. The lowest BCUT2D eigenvalue weighted by atomic mass is 10.1. The summed E-state index contributed by atoms with van der Waals surface area (Å²) in [6.45, 7) is 4.19. The lowest BCUT2D eigenvalue weighted by molar-refractivity contribution is -0.136. The highest BCUT2D eigenvalue weighted by Gasteiger charge is 2.36. The Balaban J connectivity index is 2.04. The van der Waals surface area contributed by atoms with Crippen molar-refractivity contribution in [1.29, 1.82) is 0 Å². The van der Waals surface area contributed by atoms with E-state index in [0.717, 1.165) is 6.54 Å². The lowest BCUT2D eigenvalue weighted by Gasteiger charge is -2.25. The second kappa shape index (κ2) is 8.63. The zero-order valence-electron chi connectivity index (χ0n) is 15.0. The number of hydrogen-bond acceptors (Lipinski definition) is 3. The Morgan fingerprint density at radius 2 is 2.12 bits per heavy atom. The molecule has 0 aliphatic carbocycles. The van der Waals surface area contributed by atoms with Gasteiger partial charge in [-0.25, -0.2) is 4.39 Å². The number of carbonyl (C=O) groups is 2. The first-order valence-corrected chi connectivity index (χ1v) is 8.85. The van der Waals surface area contributed by atoms with Crippen LogP contribution in [0.4, 0.5) is 4.39 Å². The molecule has 0 N–H and O–H groups in total. The van der Waals surface area contributed by atoms with Gasteiger partial charge in [-0.2, -0.15) is 0 Å². The summed E-state index contributed by atoms with van der Waals surface area (Å²) in [4.78, 5) is 30.2. The van der Waals surface area contributed by atoms with Crippen molar-refractivity contribution in [2.24, 2.45) is 5.92 Å². The van der Waals surface area contributed by atoms with Gasteiger partial charge in [0, 0.05) is 49.7 Å². The third-order valence-corrected chi connectivity index (χ3v) is 4.84. The molecular weight excluding hydrogens is 345 g/mol. The molecule has 0 aromatic heterocycles. The van der Waals surface area contributed by atoms with Crippen LogP contribution in [0, 0.1) is 11.7 Å². The van der Waals surface area contributed by atoms with Gasteiger partial charge >= 0.3 is 0 Å². The largest absolute Gasteiger partial charge is 0.341 e. The molecule has 0 radical (unpaired) electrons. The van der Waals surface area contributed by atoms with E-state index in [1.54, 1.807) is 15.9 Å². The number of hydrogen-bond donors (Lipinski definition) is 0. The van der Waals surface area contributed by atoms with Gasteiger partial charge in [-0.15, -0.1) is 0 Å². The number of likely N-dealkylation sites (N-methyl/N-ethyl adjacent to an activating group) is 1. The summed E-state index contributed by atoms with van der Waals surface area (Å²) in [5, 5.41) is 0.307. The second-order valence-electron chi connectivity index (χ2n) is 6.60. The average molecular weight is 370 g/mol. The Labute approximate surface area is 153 Å². The number of carbonyl (C=O) groups excluding carboxylic acids is 2. The zero-order chi connectivity index (χ0) is 18.6. The van der Waals surface area contributed by atoms with E-state index in [-0.39, 0.29) is 30.7 Å². The highest BCUT2D eigenvalue weighted by molar-refractivity contribution is 6.31. The molecule has 1 atom stereocenters. The smallest absolute Gasteiger partial charge is 0.228 e. The molecule has 138 valence electrons. The SMILES string of the molecule is CCN(Cc1c(F)cccc1Cl)C(=O)[C@H]1CC(=O)N(CCN(C)C)C1. The van der Waals surface area contributed by atoms with Gasteiger partial charge in [-0.05, 0) is 33.2 Å². The Morgan fingerprint density at radius 3 is 2.72 bits per heavy atom. The Hall–Kier alpha value is -1.66. The summed E-state index contributed by atoms with van der Waals surface area (Å²) < 4.78 is 14.0. The molecule has 0 bridgehead atoms. The van der Waals surface area contributed by atoms with Gasteiger partial charge in [-0.3, -0.25) is 9.59 Å². The normalized spacial score (nSPS) is 17.4. The Bertz CT molecular complexity index is 618. The molecule has 0 spiro atoms. The van der Waals surface area contributed by atoms with Gasteiger partial charge in [0.05, 0.1) is 5.92 Å². The van der Waals surface area contributed by atoms with Gasteiger partial charge in [-0.1, -0.05) is 17.7 Å². The van der Waals surface area contributed by atoms with Gasteiger partial charge in [0.2, 0.25) is 11.8 Å². The maximum atomic E-state index is 14.0. The fourth-order valence-electron chi connectivity index (χ4n) is 2.95. The van der Waals surface area contributed by atoms with Crippen LogP contribution in [-0.2, 0) is 16.1 Å². The van der Waals surface area contributed by atoms with Crippen molar-refractivity contribution in [3.63, 3.8) is 0 Å². The highest BCUT2D eigenvalue weighted by Crippen LogP contribution is 2.24. The summed E-state index contributed by atoms with van der Waals surface area (Å²) in [6, 6.07) is 4.49. The minimum Gasteiger partial charge on any atom is -0.341 e. The Kier molecular flexibility index (Phi) is 6.79. The molecule has 1 aromatic rings. The van der Waals surface area contributed by atoms with Crippen LogP contribution in [0.1, 0.15) is 18.9 Å². The summed E-state index contributed by atoms with van der Waals surface area (Å²) in [5.74, 6) is -0.920. The first-order valence-electron chi connectivity index (χ1n) is 8.47. The van der Waals surface area contributed by atoms with Gasteiger partial charge in [0.15, 0.2) is 0 Å². The molecule has 1 aliphatic heterocycles. The number of likely N-dealkylation sites (tertiary alicyclic amines) is 1. The van der Waals surface area contributed by atoms with Crippen LogP contribution in [-0.4, -0.2) is 66.8 Å². The topological polar surface area (TPSA) is 43.9 Å². The molecule has 0 saturated carbocycles. The maximum absolute atomic E-state index is 14.0. The van der Waals surface area contributed by atoms with Gasteiger partial charge in [0.1, 0.15) is 5.82 Å². The number of nitrogens with zero attached hydrogens (tertiary/aromatic N) is 3. The van der Waals surface area contributed by atoms with Crippen LogP contribution < -0.4 is 0 Å². The molecule has 2 amide bonds. The molecule has 1 aliphatic rings. The number of rotatable bonds is 7. The average Bonchev–Trinajstić information content (AvgIpc) is 2.93. The minimum absolute atomic E-state index is 0.000164. The summed E-state index contributed by atoms with van der Waals surface area (Å²) in [7, 11) is 3.89. The standard InChI is InChI=1S/C18H25ClFN3O2/c1-4-22(12-14-15(19)6-5-7-16(14)20)18(25)13-10-17(24)23(11-13)9-8-21(2)3/h5-7,13H,4,8-12H2,1-3H3/t13-/m0/s1. The van der Waals surface area contributed by atoms with Crippen molar-refractivity contribution in [2.45, 2.75) is 19.9 Å². The molecule has 0 unspecified atom stereocenters. The van der Waals surface area contributed by atoms with Crippen molar-refractivity contribution < 1.29 is 14.0 Å². The van der Waals surface area contributed by atoms with E-state index in [1.807, 2.05) is 25.9 Å². The van der Waals surface area contributed by atoms with Crippen molar-refractivity contribution in [1.82, 2.24) is 14.7 Å². The Morgan fingerprint density at radius 1 is 1.40 bits per heavy atom. The summed E-state index contributed by atoms with van der Waals surface area (Å²) in [6.07, 6.45) is 0.216. The first kappa shape index (κ1) is 19.7. The molecule has 25 heavy (non-hydrogen) atoms. The third kappa shape index (κ3) is 4.92. The van der Waals surface area contributed by atoms with Gasteiger partial charge in [0.25, 0.3) is 0 Å². The molecule has 1 saturated heterocycles.